The summed E-state index contributed by atoms with van der Waals surface area (Å²) in [6, 6.07) is 10.7. The topological polar surface area (TPSA) is 68.2 Å². The molecule has 2 N–H and O–H groups in total. The molecule has 6 nitrogen and oxygen atoms in total. The van der Waals surface area contributed by atoms with Gasteiger partial charge in [0.05, 0.1) is 18.8 Å². The number of aromatic nitrogens is 2. The lowest BCUT2D eigenvalue weighted by atomic mass is 9.92. The molecule has 1 fully saturated rings. The van der Waals surface area contributed by atoms with Crippen LogP contribution in [0.4, 0.5) is 0 Å². The number of amides is 1. The molecule has 1 amide bonds. The first-order chi connectivity index (χ1) is 12.2. The molecule has 1 aliphatic rings. The number of piperidine rings is 1. The molecule has 1 aromatic carbocycles. The van der Waals surface area contributed by atoms with Crippen LogP contribution >= 0.6 is 0 Å². The lowest BCUT2D eigenvalue weighted by Crippen LogP contribution is -2.52. The van der Waals surface area contributed by atoms with Crippen LogP contribution in [0.5, 0.6) is 0 Å². The fraction of sp³-hybridized carbons (Fsp3) is 0.474. The van der Waals surface area contributed by atoms with Gasteiger partial charge in [0.25, 0.3) is 0 Å². The lowest BCUT2D eigenvalue weighted by molar-refractivity contribution is -0.124. The normalized spacial score (nSPS) is 21.8. The highest BCUT2D eigenvalue weighted by Crippen LogP contribution is 2.24. The van der Waals surface area contributed by atoms with Gasteiger partial charge in [0.1, 0.15) is 0 Å². The molecule has 3 atom stereocenters. The quantitative estimate of drug-likeness (QED) is 0.802. The van der Waals surface area contributed by atoms with Crippen LogP contribution < -0.4 is 10.6 Å². The molecule has 0 radical (unpaired) electrons. The molecular formula is C19H26N4O2. The van der Waals surface area contributed by atoms with E-state index in [9.17, 15) is 4.79 Å². The number of nitrogens with one attached hydrogen (secondary N) is 2. The zero-order valence-electron chi connectivity index (χ0n) is 14.8. The second kappa shape index (κ2) is 8.27. The van der Waals surface area contributed by atoms with Crippen LogP contribution in [0, 0.1) is 0 Å². The minimum Gasteiger partial charge on any atom is -0.383 e. The first-order valence-corrected chi connectivity index (χ1v) is 8.72. The van der Waals surface area contributed by atoms with Crippen LogP contribution in [0.2, 0.25) is 0 Å². The molecule has 0 spiro atoms. The van der Waals surface area contributed by atoms with Crippen molar-refractivity contribution in [2.45, 2.75) is 37.4 Å². The molecule has 1 aromatic heterocycles. The highest BCUT2D eigenvalue weighted by atomic mass is 16.5. The standard InChI is InChI=1S/C19H26N4O2/c1-23-12-15(11-20-23)19-17(8-9-18(24)22-19)21-16(13-25-2)10-14-6-4-3-5-7-14/h3-7,11-12,16-17,19,21H,8-10,13H2,1-2H3,(H,22,24)/t16-,17+,19-/m0/s1. The summed E-state index contributed by atoms with van der Waals surface area (Å²) in [7, 11) is 3.61. The van der Waals surface area contributed by atoms with Crippen molar-refractivity contribution in [3.8, 4) is 0 Å². The Hall–Kier alpha value is -2.18. The van der Waals surface area contributed by atoms with E-state index in [4.69, 9.17) is 4.74 Å². The van der Waals surface area contributed by atoms with Gasteiger partial charge in [0.2, 0.25) is 5.91 Å². The zero-order chi connectivity index (χ0) is 17.6. The van der Waals surface area contributed by atoms with Gasteiger partial charge in [-0.1, -0.05) is 30.3 Å². The third-order valence-corrected chi connectivity index (χ3v) is 4.63. The molecular weight excluding hydrogens is 316 g/mol. The monoisotopic (exact) mass is 342 g/mol. The predicted octanol–water partition coefficient (Wildman–Crippen LogP) is 1.59. The number of hydrogen-bond donors (Lipinski definition) is 2. The van der Waals surface area contributed by atoms with E-state index in [2.05, 4.69) is 40.0 Å². The number of rotatable bonds is 7. The summed E-state index contributed by atoms with van der Waals surface area (Å²) in [6.07, 6.45) is 6.03. The molecule has 3 rings (SSSR count). The number of carbonyl (C=O) groups excluding carboxylic acids is 1. The molecule has 0 bridgehead atoms. The number of aryl methyl sites for hydroxylation is 1. The summed E-state index contributed by atoms with van der Waals surface area (Å²) in [5.41, 5.74) is 2.30. The van der Waals surface area contributed by atoms with Crippen LogP contribution in [0.3, 0.4) is 0 Å². The molecule has 6 heteroatoms. The third kappa shape index (κ3) is 4.67. The van der Waals surface area contributed by atoms with Crippen molar-refractivity contribution < 1.29 is 9.53 Å². The van der Waals surface area contributed by atoms with E-state index >= 15 is 0 Å². The molecule has 0 unspecified atom stereocenters. The number of ether oxygens (including phenoxy) is 1. The van der Waals surface area contributed by atoms with E-state index in [0.29, 0.717) is 13.0 Å². The molecule has 1 aliphatic heterocycles. The molecule has 0 saturated carbocycles. The van der Waals surface area contributed by atoms with Crippen molar-refractivity contribution >= 4 is 5.91 Å². The van der Waals surface area contributed by atoms with E-state index in [1.807, 2.05) is 25.5 Å². The number of carbonyl (C=O) groups is 1. The fourth-order valence-electron chi connectivity index (χ4n) is 3.46. The Morgan fingerprint density at radius 2 is 2.20 bits per heavy atom. The van der Waals surface area contributed by atoms with Crippen LogP contribution in [0.25, 0.3) is 0 Å². The first kappa shape index (κ1) is 17.6. The Morgan fingerprint density at radius 3 is 2.88 bits per heavy atom. The maximum atomic E-state index is 11.9. The molecule has 2 aromatic rings. The third-order valence-electron chi connectivity index (χ3n) is 4.63. The Kier molecular flexibility index (Phi) is 5.83. The Morgan fingerprint density at radius 1 is 1.40 bits per heavy atom. The Bertz CT molecular complexity index is 686. The average molecular weight is 342 g/mol. The van der Waals surface area contributed by atoms with Gasteiger partial charge in [-0.15, -0.1) is 0 Å². The van der Waals surface area contributed by atoms with Crippen molar-refractivity contribution in [3.63, 3.8) is 0 Å². The van der Waals surface area contributed by atoms with Crippen LogP contribution in [0.15, 0.2) is 42.7 Å². The summed E-state index contributed by atoms with van der Waals surface area (Å²) >= 11 is 0. The summed E-state index contributed by atoms with van der Waals surface area (Å²) in [4.78, 5) is 11.9. The van der Waals surface area contributed by atoms with Gasteiger partial charge in [-0.25, -0.2) is 0 Å². The van der Waals surface area contributed by atoms with Gasteiger partial charge < -0.3 is 15.4 Å². The van der Waals surface area contributed by atoms with Crippen molar-refractivity contribution in [1.82, 2.24) is 20.4 Å². The summed E-state index contributed by atoms with van der Waals surface area (Å²) in [6.45, 7) is 0.624. The average Bonchev–Trinajstić information content (AvgIpc) is 3.04. The summed E-state index contributed by atoms with van der Waals surface area (Å²) < 4.78 is 7.19. The van der Waals surface area contributed by atoms with Gasteiger partial charge >= 0.3 is 0 Å². The minimum absolute atomic E-state index is 0.0647. The van der Waals surface area contributed by atoms with Crippen molar-refractivity contribution in [2.24, 2.45) is 7.05 Å². The first-order valence-electron chi connectivity index (χ1n) is 8.72. The highest BCUT2D eigenvalue weighted by molar-refractivity contribution is 5.77. The molecule has 0 aliphatic carbocycles. The lowest BCUT2D eigenvalue weighted by Gasteiger charge is -2.35. The van der Waals surface area contributed by atoms with Crippen molar-refractivity contribution in [1.29, 1.82) is 0 Å². The SMILES string of the molecule is COC[C@H](Cc1ccccc1)N[C@@H]1CCC(=O)N[C@H]1c1cnn(C)c1. The van der Waals surface area contributed by atoms with Crippen LogP contribution in [-0.4, -0.2) is 41.5 Å². The maximum absolute atomic E-state index is 11.9. The van der Waals surface area contributed by atoms with Crippen LogP contribution in [0.1, 0.15) is 30.0 Å². The number of methoxy groups -OCH3 is 1. The predicted molar refractivity (Wildman–Crippen MR) is 96.1 cm³/mol. The number of nitrogens with zero attached hydrogens (tertiary/aromatic N) is 2. The van der Waals surface area contributed by atoms with Gasteiger partial charge in [0.15, 0.2) is 0 Å². The second-order valence-corrected chi connectivity index (χ2v) is 6.65. The Labute approximate surface area is 148 Å². The highest BCUT2D eigenvalue weighted by Gasteiger charge is 2.32. The molecule has 25 heavy (non-hydrogen) atoms. The van der Waals surface area contributed by atoms with E-state index in [0.717, 1.165) is 18.4 Å². The summed E-state index contributed by atoms with van der Waals surface area (Å²) in [5, 5.41) is 11.1. The van der Waals surface area contributed by atoms with Gasteiger partial charge in [-0.05, 0) is 18.4 Å². The van der Waals surface area contributed by atoms with Crippen molar-refractivity contribution in [2.75, 3.05) is 13.7 Å². The van der Waals surface area contributed by atoms with Gasteiger partial charge in [0, 0.05) is 44.4 Å². The molecule has 2 heterocycles. The van der Waals surface area contributed by atoms with E-state index in [1.165, 1.54) is 5.56 Å². The van der Waals surface area contributed by atoms with E-state index in [1.54, 1.807) is 11.8 Å². The van der Waals surface area contributed by atoms with Gasteiger partial charge in [-0.2, -0.15) is 5.10 Å². The van der Waals surface area contributed by atoms with E-state index in [-0.39, 0.29) is 24.0 Å². The minimum atomic E-state index is -0.0647. The van der Waals surface area contributed by atoms with Gasteiger partial charge in [-0.3, -0.25) is 9.48 Å². The molecule has 1 saturated heterocycles. The second-order valence-electron chi connectivity index (χ2n) is 6.65. The van der Waals surface area contributed by atoms with E-state index < -0.39 is 0 Å². The van der Waals surface area contributed by atoms with Crippen molar-refractivity contribution in [3.05, 3.63) is 53.9 Å². The largest absolute Gasteiger partial charge is 0.383 e. The summed E-state index contributed by atoms with van der Waals surface area (Å²) in [5.74, 6) is 0.0956. The fourth-order valence-corrected chi connectivity index (χ4v) is 3.46. The Balaban J connectivity index is 1.73. The van der Waals surface area contributed by atoms with Crippen LogP contribution in [-0.2, 0) is 23.0 Å². The number of hydrogen-bond acceptors (Lipinski definition) is 4. The maximum Gasteiger partial charge on any atom is 0.220 e. The number of benzene rings is 1. The smallest absolute Gasteiger partial charge is 0.220 e. The molecule has 134 valence electrons. The zero-order valence-corrected chi connectivity index (χ0v) is 14.8.